The summed E-state index contributed by atoms with van der Waals surface area (Å²) in [7, 11) is 1.60. The standard InChI is InChI=1S/C19H20N4O2/c1-25-18-5-3-2-4-17(18)20-13-19(24)21-12-14-6-8-15(9-7-14)16-10-11-22-23-16/h2-11,20H,12-13H2,1H3,(H,21,24)(H,22,23). The van der Waals surface area contributed by atoms with Crippen LogP contribution in [0.15, 0.2) is 60.8 Å². The highest BCUT2D eigenvalue weighted by Crippen LogP contribution is 2.22. The molecule has 1 amide bonds. The van der Waals surface area contributed by atoms with Gasteiger partial charge in [-0.25, -0.2) is 0 Å². The number of amides is 1. The lowest BCUT2D eigenvalue weighted by Crippen LogP contribution is -2.29. The third-order valence-electron chi connectivity index (χ3n) is 3.80. The largest absolute Gasteiger partial charge is 0.495 e. The highest BCUT2D eigenvalue weighted by molar-refractivity contribution is 5.81. The maximum atomic E-state index is 12.0. The number of para-hydroxylation sites is 2. The molecule has 0 saturated carbocycles. The van der Waals surface area contributed by atoms with Gasteiger partial charge in [-0.3, -0.25) is 9.89 Å². The van der Waals surface area contributed by atoms with Crippen LogP contribution < -0.4 is 15.4 Å². The van der Waals surface area contributed by atoms with Gasteiger partial charge in [0.2, 0.25) is 5.91 Å². The molecule has 0 aliphatic rings. The Hall–Kier alpha value is -3.28. The van der Waals surface area contributed by atoms with Crippen molar-refractivity contribution < 1.29 is 9.53 Å². The van der Waals surface area contributed by atoms with Crippen LogP contribution >= 0.6 is 0 Å². The van der Waals surface area contributed by atoms with Crippen LogP contribution in [0.4, 0.5) is 5.69 Å². The fourth-order valence-electron chi connectivity index (χ4n) is 2.45. The van der Waals surface area contributed by atoms with Crippen molar-refractivity contribution in [3.63, 3.8) is 0 Å². The van der Waals surface area contributed by atoms with E-state index in [1.54, 1.807) is 13.3 Å². The average molecular weight is 336 g/mol. The summed E-state index contributed by atoms with van der Waals surface area (Å²) in [5.41, 5.74) is 3.86. The number of aromatic amines is 1. The van der Waals surface area contributed by atoms with Crippen LogP contribution in [0.3, 0.4) is 0 Å². The first-order valence-corrected chi connectivity index (χ1v) is 7.98. The number of benzene rings is 2. The minimum atomic E-state index is -0.0800. The highest BCUT2D eigenvalue weighted by atomic mass is 16.5. The number of H-pyrrole nitrogens is 1. The van der Waals surface area contributed by atoms with Crippen molar-refractivity contribution in [1.29, 1.82) is 0 Å². The number of hydrogen-bond acceptors (Lipinski definition) is 4. The van der Waals surface area contributed by atoms with Crippen LogP contribution in [0.25, 0.3) is 11.3 Å². The van der Waals surface area contributed by atoms with Gasteiger partial charge in [0.15, 0.2) is 0 Å². The second kappa shape index (κ2) is 8.01. The number of nitrogens with one attached hydrogen (secondary N) is 3. The van der Waals surface area contributed by atoms with E-state index < -0.39 is 0 Å². The molecule has 1 aromatic heterocycles. The van der Waals surface area contributed by atoms with Crippen molar-refractivity contribution in [2.45, 2.75) is 6.54 Å². The molecule has 3 aromatic rings. The normalized spacial score (nSPS) is 10.3. The summed E-state index contributed by atoms with van der Waals surface area (Å²) < 4.78 is 5.25. The maximum absolute atomic E-state index is 12.0. The Balaban J connectivity index is 1.49. The number of rotatable bonds is 7. The lowest BCUT2D eigenvalue weighted by molar-refractivity contribution is -0.119. The molecule has 2 aromatic carbocycles. The number of ether oxygens (including phenoxy) is 1. The van der Waals surface area contributed by atoms with Gasteiger partial charge in [-0.2, -0.15) is 5.10 Å². The summed E-state index contributed by atoms with van der Waals surface area (Å²) in [6.45, 7) is 0.669. The Kier molecular flexibility index (Phi) is 5.31. The Labute approximate surface area is 146 Å². The number of nitrogens with zero attached hydrogens (tertiary/aromatic N) is 1. The van der Waals surface area contributed by atoms with Gasteiger partial charge in [0.05, 0.1) is 25.0 Å². The Morgan fingerprint density at radius 2 is 1.92 bits per heavy atom. The minimum absolute atomic E-state index is 0.0800. The van der Waals surface area contributed by atoms with Crippen molar-refractivity contribution in [3.8, 4) is 17.0 Å². The van der Waals surface area contributed by atoms with Crippen molar-refractivity contribution in [2.75, 3.05) is 19.0 Å². The van der Waals surface area contributed by atoms with E-state index in [1.807, 2.05) is 54.6 Å². The van der Waals surface area contributed by atoms with E-state index in [9.17, 15) is 4.79 Å². The van der Waals surface area contributed by atoms with E-state index in [0.717, 1.165) is 22.5 Å². The third kappa shape index (κ3) is 4.38. The second-order valence-corrected chi connectivity index (χ2v) is 5.50. The summed E-state index contributed by atoms with van der Waals surface area (Å²) in [6, 6.07) is 17.4. The fourth-order valence-corrected chi connectivity index (χ4v) is 2.45. The molecule has 0 fully saturated rings. The smallest absolute Gasteiger partial charge is 0.239 e. The summed E-state index contributed by atoms with van der Waals surface area (Å²) >= 11 is 0. The average Bonchev–Trinajstić information content (AvgIpc) is 3.20. The van der Waals surface area contributed by atoms with E-state index in [4.69, 9.17) is 4.74 Å². The van der Waals surface area contributed by atoms with Gasteiger partial charge >= 0.3 is 0 Å². The van der Waals surface area contributed by atoms with E-state index in [1.165, 1.54) is 0 Å². The molecule has 0 aliphatic heterocycles. The first kappa shape index (κ1) is 16.6. The van der Waals surface area contributed by atoms with Crippen LogP contribution in [-0.4, -0.2) is 29.8 Å². The zero-order valence-corrected chi connectivity index (χ0v) is 14.0. The lowest BCUT2D eigenvalue weighted by Gasteiger charge is -2.11. The summed E-state index contributed by atoms with van der Waals surface area (Å²) in [5.74, 6) is 0.633. The molecule has 6 heteroatoms. The van der Waals surface area contributed by atoms with Crippen LogP contribution in [0.2, 0.25) is 0 Å². The molecule has 0 aliphatic carbocycles. The van der Waals surface area contributed by atoms with Crippen molar-refractivity contribution in [1.82, 2.24) is 15.5 Å². The molecule has 0 radical (unpaired) electrons. The van der Waals surface area contributed by atoms with Gasteiger partial charge in [0.25, 0.3) is 0 Å². The number of carbonyl (C=O) groups excluding carboxylic acids is 1. The van der Waals surface area contributed by atoms with Crippen LogP contribution in [0, 0.1) is 0 Å². The summed E-state index contributed by atoms with van der Waals surface area (Å²) in [4.78, 5) is 12.0. The quantitative estimate of drug-likeness (QED) is 0.620. The van der Waals surface area contributed by atoms with Gasteiger partial charge in [-0.15, -0.1) is 0 Å². The van der Waals surface area contributed by atoms with Gasteiger partial charge in [0.1, 0.15) is 5.75 Å². The fraction of sp³-hybridized carbons (Fsp3) is 0.158. The number of hydrogen-bond donors (Lipinski definition) is 3. The number of anilines is 1. The molecular formula is C19H20N4O2. The molecule has 1 heterocycles. The Morgan fingerprint density at radius 3 is 2.64 bits per heavy atom. The third-order valence-corrected chi connectivity index (χ3v) is 3.80. The molecular weight excluding hydrogens is 316 g/mol. The molecule has 3 N–H and O–H groups in total. The zero-order valence-electron chi connectivity index (χ0n) is 14.0. The van der Waals surface area contributed by atoms with Gasteiger partial charge < -0.3 is 15.4 Å². The molecule has 0 saturated heterocycles. The molecule has 0 atom stereocenters. The topological polar surface area (TPSA) is 79.0 Å². The van der Waals surface area contributed by atoms with Gasteiger partial charge in [0, 0.05) is 12.7 Å². The number of aromatic nitrogens is 2. The monoisotopic (exact) mass is 336 g/mol. The van der Waals surface area contributed by atoms with Crippen LogP contribution in [0.1, 0.15) is 5.56 Å². The molecule has 0 spiro atoms. The zero-order chi connectivity index (χ0) is 17.5. The van der Waals surface area contributed by atoms with E-state index in [2.05, 4.69) is 20.8 Å². The van der Waals surface area contributed by atoms with Gasteiger partial charge in [-0.1, -0.05) is 36.4 Å². The molecule has 0 unspecified atom stereocenters. The van der Waals surface area contributed by atoms with Crippen molar-refractivity contribution >= 4 is 11.6 Å². The van der Waals surface area contributed by atoms with E-state index in [0.29, 0.717) is 12.3 Å². The predicted molar refractivity (Wildman–Crippen MR) is 97.4 cm³/mol. The summed E-state index contributed by atoms with van der Waals surface area (Å²) in [6.07, 6.45) is 1.72. The van der Waals surface area contributed by atoms with E-state index >= 15 is 0 Å². The van der Waals surface area contributed by atoms with Gasteiger partial charge in [-0.05, 0) is 29.3 Å². The predicted octanol–water partition coefficient (Wildman–Crippen LogP) is 2.81. The lowest BCUT2D eigenvalue weighted by atomic mass is 10.1. The van der Waals surface area contributed by atoms with Crippen molar-refractivity contribution in [3.05, 3.63) is 66.4 Å². The second-order valence-electron chi connectivity index (χ2n) is 5.50. The SMILES string of the molecule is COc1ccccc1NCC(=O)NCc1ccc(-c2ccn[nH]2)cc1. The first-order chi connectivity index (χ1) is 12.3. The maximum Gasteiger partial charge on any atom is 0.239 e. The summed E-state index contributed by atoms with van der Waals surface area (Å²) in [5, 5.41) is 12.8. The number of carbonyl (C=O) groups is 1. The van der Waals surface area contributed by atoms with Crippen LogP contribution in [0.5, 0.6) is 5.75 Å². The Bertz CT molecular complexity index is 814. The molecule has 0 bridgehead atoms. The number of methoxy groups -OCH3 is 1. The molecule has 6 nitrogen and oxygen atoms in total. The molecule has 128 valence electrons. The molecule has 3 rings (SSSR count). The van der Waals surface area contributed by atoms with Crippen molar-refractivity contribution in [2.24, 2.45) is 0 Å². The Morgan fingerprint density at radius 1 is 1.12 bits per heavy atom. The van der Waals surface area contributed by atoms with E-state index in [-0.39, 0.29) is 12.5 Å². The first-order valence-electron chi connectivity index (χ1n) is 7.98. The van der Waals surface area contributed by atoms with Crippen LogP contribution in [-0.2, 0) is 11.3 Å². The molecule has 25 heavy (non-hydrogen) atoms. The highest BCUT2D eigenvalue weighted by Gasteiger charge is 2.05. The minimum Gasteiger partial charge on any atom is -0.495 e.